The molecule has 0 saturated carbocycles. The third kappa shape index (κ3) is 1.74. The number of allylic oxidation sites excluding steroid dienone is 2. The van der Waals surface area contributed by atoms with Crippen molar-refractivity contribution in [3.63, 3.8) is 0 Å². The van der Waals surface area contributed by atoms with Crippen LogP contribution in [0.25, 0.3) is 21.9 Å². The van der Waals surface area contributed by atoms with Gasteiger partial charge in [0.1, 0.15) is 0 Å². The molecular formula is C26H18. The molecule has 0 fully saturated rings. The zero-order chi connectivity index (χ0) is 17.1. The highest BCUT2D eigenvalue weighted by Gasteiger charge is 2.48. The molecule has 0 bridgehead atoms. The summed E-state index contributed by atoms with van der Waals surface area (Å²) in [5.74, 6) is 0.961. The highest BCUT2D eigenvalue weighted by atomic mass is 14.5. The van der Waals surface area contributed by atoms with Crippen LogP contribution in [0.15, 0.2) is 97.1 Å². The van der Waals surface area contributed by atoms with Gasteiger partial charge in [0.25, 0.3) is 0 Å². The minimum Gasteiger partial charge on any atom is -0.0622 e. The highest BCUT2D eigenvalue weighted by Crippen LogP contribution is 2.66. The molecule has 0 nitrogen and oxygen atoms in total. The first-order chi connectivity index (χ1) is 12.9. The first-order valence-corrected chi connectivity index (χ1v) is 9.30. The van der Waals surface area contributed by atoms with Crippen LogP contribution in [-0.4, -0.2) is 0 Å². The number of rotatable bonds is 2. The second-order valence-corrected chi connectivity index (χ2v) is 7.31. The Hall–Kier alpha value is -3.12. The van der Waals surface area contributed by atoms with Crippen molar-refractivity contribution in [2.24, 2.45) is 0 Å². The van der Waals surface area contributed by atoms with Crippen molar-refractivity contribution >= 4 is 21.9 Å². The van der Waals surface area contributed by atoms with E-state index in [4.69, 9.17) is 0 Å². The Kier molecular flexibility index (Phi) is 2.81. The van der Waals surface area contributed by atoms with Crippen molar-refractivity contribution in [2.75, 3.05) is 0 Å². The topological polar surface area (TPSA) is 0 Å². The molecular weight excluding hydrogens is 312 g/mol. The first-order valence-electron chi connectivity index (χ1n) is 9.30. The van der Waals surface area contributed by atoms with E-state index < -0.39 is 0 Å². The fourth-order valence-corrected chi connectivity index (χ4v) is 5.07. The molecule has 0 N–H and O–H groups in total. The van der Waals surface area contributed by atoms with E-state index in [1.165, 1.54) is 44.2 Å². The van der Waals surface area contributed by atoms with Gasteiger partial charge in [0.05, 0.1) is 0 Å². The van der Waals surface area contributed by atoms with Crippen molar-refractivity contribution in [3.8, 4) is 0 Å². The Morgan fingerprint density at radius 2 is 0.885 bits per heavy atom. The minimum absolute atomic E-state index is 0.480. The molecule has 2 atom stereocenters. The van der Waals surface area contributed by atoms with Gasteiger partial charge in [-0.05, 0) is 44.2 Å². The lowest BCUT2D eigenvalue weighted by molar-refractivity contribution is 0.757. The smallest absolute Gasteiger partial charge is 0.0215 e. The van der Waals surface area contributed by atoms with Gasteiger partial charge in [-0.25, -0.2) is 0 Å². The van der Waals surface area contributed by atoms with Gasteiger partial charge in [-0.3, -0.25) is 0 Å². The van der Waals surface area contributed by atoms with Crippen molar-refractivity contribution in [3.05, 3.63) is 119 Å². The van der Waals surface area contributed by atoms with E-state index in [1.54, 1.807) is 0 Å². The van der Waals surface area contributed by atoms with E-state index in [2.05, 4.69) is 97.1 Å². The summed E-state index contributed by atoms with van der Waals surface area (Å²) in [4.78, 5) is 0. The zero-order valence-electron chi connectivity index (χ0n) is 14.4. The predicted octanol–water partition coefficient (Wildman–Crippen LogP) is 6.65. The fourth-order valence-electron chi connectivity index (χ4n) is 5.07. The Morgan fingerprint density at radius 1 is 0.423 bits per heavy atom. The second-order valence-electron chi connectivity index (χ2n) is 7.31. The van der Waals surface area contributed by atoms with Crippen LogP contribution >= 0.6 is 0 Å². The lowest BCUT2D eigenvalue weighted by atomic mass is 9.62. The molecule has 4 aromatic rings. The molecule has 0 saturated heterocycles. The van der Waals surface area contributed by atoms with Gasteiger partial charge in [0.15, 0.2) is 0 Å². The molecule has 0 amide bonds. The van der Waals surface area contributed by atoms with E-state index in [1.807, 2.05) is 0 Å². The Labute approximate surface area is 153 Å². The molecule has 0 unspecified atom stereocenters. The maximum atomic E-state index is 2.33. The summed E-state index contributed by atoms with van der Waals surface area (Å²) < 4.78 is 0. The van der Waals surface area contributed by atoms with Gasteiger partial charge in [0, 0.05) is 11.8 Å². The fraction of sp³-hybridized carbons (Fsp3) is 0.0769. The van der Waals surface area contributed by atoms with Crippen molar-refractivity contribution in [1.29, 1.82) is 0 Å². The van der Waals surface area contributed by atoms with Gasteiger partial charge in [0.2, 0.25) is 0 Å². The van der Waals surface area contributed by atoms with Crippen molar-refractivity contribution < 1.29 is 0 Å². The van der Waals surface area contributed by atoms with Gasteiger partial charge in [-0.1, -0.05) is 97.1 Å². The van der Waals surface area contributed by atoms with Gasteiger partial charge in [-0.15, -0.1) is 0 Å². The number of benzene rings is 4. The SMILES string of the molecule is c1ccc(C2=C(c3ccccc3)[C@H]3c4cccc5cccc(c45)[C@@H]23)cc1. The van der Waals surface area contributed by atoms with E-state index in [0.29, 0.717) is 11.8 Å². The standard InChI is InChI=1S/C26H18/c1-3-9-18(10-4-1)23-24(19-11-5-2-6-12-19)26-21-16-8-14-17-13-7-15-20(22(17)21)25(23)26/h1-16,25-26H/t25-,26+. The Bertz CT molecular complexity index is 1080. The molecule has 0 heterocycles. The van der Waals surface area contributed by atoms with Crippen LogP contribution in [0.2, 0.25) is 0 Å². The van der Waals surface area contributed by atoms with E-state index in [9.17, 15) is 0 Å². The Morgan fingerprint density at radius 3 is 1.35 bits per heavy atom. The molecule has 2 aliphatic rings. The first kappa shape index (κ1) is 14.1. The van der Waals surface area contributed by atoms with E-state index in [-0.39, 0.29) is 0 Å². The molecule has 122 valence electrons. The van der Waals surface area contributed by atoms with Crippen molar-refractivity contribution in [2.45, 2.75) is 11.8 Å². The van der Waals surface area contributed by atoms with Crippen LogP contribution < -0.4 is 0 Å². The summed E-state index contributed by atoms with van der Waals surface area (Å²) in [6.07, 6.45) is 0. The van der Waals surface area contributed by atoms with Crippen LogP contribution in [0.4, 0.5) is 0 Å². The molecule has 0 radical (unpaired) electrons. The largest absolute Gasteiger partial charge is 0.0622 e. The molecule has 26 heavy (non-hydrogen) atoms. The summed E-state index contributed by atoms with van der Waals surface area (Å²) in [6.45, 7) is 0. The van der Waals surface area contributed by atoms with Crippen LogP contribution in [-0.2, 0) is 0 Å². The summed E-state index contributed by atoms with van der Waals surface area (Å²) in [5.41, 5.74) is 8.73. The van der Waals surface area contributed by atoms with E-state index in [0.717, 1.165) is 0 Å². The predicted molar refractivity (Wildman–Crippen MR) is 109 cm³/mol. The lowest BCUT2D eigenvalue weighted by Crippen LogP contribution is -2.22. The molecule has 4 aromatic carbocycles. The quantitative estimate of drug-likeness (QED) is 0.386. The molecule has 2 aliphatic carbocycles. The number of hydrogen-bond donors (Lipinski definition) is 0. The lowest BCUT2D eigenvalue weighted by Gasteiger charge is -2.40. The summed E-state index contributed by atoms with van der Waals surface area (Å²) in [6, 6.07) is 35.5. The second kappa shape index (κ2) is 5.19. The molecule has 0 spiro atoms. The highest BCUT2D eigenvalue weighted by molar-refractivity contribution is 6.11. The zero-order valence-corrected chi connectivity index (χ0v) is 14.4. The third-order valence-corrected chi connectivity index (χ3v) is 6.05. The molecule has 0 aliphatic heterocycles. The minimum atomic E-state index is 0.480. The summed E-state index contributed by atoms with van der Waals surface area (Å²) >= 11 is 0. The Balaban J connectivity index is 1.67. The van der Waals surface area contributed by atoms with Gasteiger partial charge < -0.3 is 0 Å². The maximum absolute atomic E-state index is 2.33. The third-order valence-electron chi connectivity index (χ3n) is 6.05. The number of fused-ring (bicyclic) bond motifs is 3. The van der Waals surface area contributed by atoms with E-state index >= 15 is 0 Å². The normalized spacial score (nSPS) is 20.2. The number of hydrogen-bond acceptors (Lipinski definition) is 0. The van der Waals surface area contributed by atoms with Crippen LogP contribution in [0.1, 0.15) is 34.1 Å². The van der Waals surface area contributed by atoms with Crippen molar-refractivity contribution in [1.82, 2.24) is 0 Å². The molecule has 0 heteroatoms. The molecule has 6 rings (SSSR count). The van der Waals surface area contributed by atoms with Crippen LogP contribution in [0.5, 0.6) is 0 Å². The average molecular weight is 330 g/mol. The maximum Gasteiger partial charge on any atom is 0.0215 e. The summed E-state index contributed by atoms with van der Waals surface area (Å²) in [5, 5.41) is 2.85. The summed E-state index contributed by atoms with van der Waals surface area (Å²) in [7, 11) is 0. The van der Waals surface area contributed by atoms with Crippen LogP contribution in [0, 0.1) is 0 Å². The monoisotopic (exact) mass is 330 g/mol. The van der Waals surface area contributed by atoms with Gasteiger partial charge in [-0.2, -0.15) is 0 Å². The average Bonchev–Trinajstić information content (AvgIpc) is 2.95. The van der Waals surface area contributed by atoms with Crippen LogP contribution in [0.3, 0.4) is 0 Å². The van der Waals surface area contributed by atoms with Gasteiger partial charge >= 0.3 is 0 Å². The molecule has 0 aromatic heterocycles.